The topological polar surface area (TPSA) is 71.2 Å². The number of nitrogens with two attached hydrogens (primary N) is 1. The highest BCUT2D eigenvalue weighted by Crippen LogP contribution is 2.41. The standard InChI is InChI=1S/C13H23N3OS/c1-11(2)7-13(17,8-12(3,4)16-11)10(14)9-5-6-18-15-9/h5-6,10,16-17H,7-8,14H2,1-4H3. The summed E-state index contributed by atoms with van der Waals surface area (Å²) in [5, 5.41) is 16.4. The first-order valence-electron chi connectivity index (χ1n) is 6.31. The van der Waals surface area contributed by atoms with Gasteiger partial charge in [-0.25, -0.2) is 0 Å². The van der Waals surface area contributed by atoms with Crippen LogP contribution in [0.5, 0.6) is 0 Å². The van der Waals surface area contributed by atoms with E-state index in [1.165, 1.54) is 11.5 Å². The van der Waals surface area contributed by atoms with E-state index in [0.717, 1.165) is 5.69 Å². The van der Waals surface area contributed by atoms with E-state index >= 15 is 0 Å². The van der Waals surface area contributed by atoms with Crippen molar-refractivity contribution in [2.45, 2.75) is 63.3 Å². The Hall–Kier alpha value is -0.490. The smallest absolute Gasteiger partial charge is 0.0889 e. The maximum atomic E-state index is 11.0. The van der Waals surface area contributed by atoms with Crippen LogP contribution >= 0.6 is 11.5 Å². The fraction of sp³-hybridized carbons (Fsp3) is 0.769. The van der Waals surface area contributed by atoms with Crippen LogP contribution in [-0.4, -0.2) is 26.2 Å². The average Bonchev–Trinajstić information content (AvgIpc) is 2.62. The van der Waals surface area contributed by atoms with Crippen molar-refractivity contribution >= 4 is 11.5 Å². The Labute approximate surface area is 113 Å². The minimum atomic E-state index is -0.910. The third-order valence-corrected chi connectivity index (χ3v) is 4.10. The summed E-state index contributed by atoms with van der Waals surface area (Å²) in [6, 6.07) is 1.47. The van der Waals surface area contributed by atoms with E-state index in [-0.39, 0.29) is 11.1 Å². The lowest BCUT2D eigenvalue weighted by molar-refractivity contribution is -0.0749. The normalized spacial score (nSPS) is 26.8. The first kappa shape index (κ1) is 13.9. The molecule has 4 nitrogen and oxygen atoms in total. The molecule has 5 heteroatoms. The van der Waals surface area contributed by atoms with E-state index in [2.05, 4.69) is 37.4 Å². The van der Waals surface area contributed by atoms with Gasteiger partial charge in [-0.1, -0.05) is 0 Å². The van der Waals surface area contributed by atoms with Crippen molar-refractivity contribution in [3.63, 3.8) is 0 Å². The van der Waals surface area contributed by atoms with Crippen LogP contribution in [0.1, 0.15) is 52.3 Å². The third-order valence-electron chi connectivity index (χ3n) is 3.53. The van der Waals surface area contributed by atoms with Gasteiger partial charge in [-0.05, 0) is 58.1 Å². The van der Waals surface area contributed by atoms with Crippen LogP contribution in [0.15, 0.2) is 11.4 Å². The molecule has 0 amide bonds. The average molecular weight is 269 g/mol. The maximum Gasteiger partial charge on any atom is 0.0889 e. The predicted molar refractivity (Wildman–Crippen MR) is 74.5 cm³/mol. The lowest BCUT2D eigenvalue weighted by Crippen LogP contribution is -2.65. The summed E-state index contributed by atoms with van der Waals surface area (Å²) in [4.78, 5) is 0. The van der Waals surface area contributed by atoms with Gasteiger partial charge in [0.05, 0.1) is 17.3 Å². The summed E-state index contributed by atoms with van der Waals surface area (Å²) in [6.07, 6.45) is 1.25. The number of nitrogens with zero attached hydrogens (tertiary/aromatic N) is 1. The largest absolute Gasteiger partial charge is 0.388 e. The second-order valence-electron chi connectivity index (χ2n) is 6.75. The molecule has 102 valence electrons. The lowest BCUT2D eigenvalue weighted by Gasteiger charge is -2.52. The van der Waals surface area contributed by atoms with E-state index in [1.54, 1.807) is 0 Å². The number of aliphatic hydroxyl groups is 1. The van der Waals surface area contributed by atoms with Gasteiger partial charge in [-0.3, -0.25) is 0 Å². The Balaban J connectivity index is 2.29. The second kappa shape index (κ2) is 4.27. The molecule has 1 unspecified atom stereocenters. The lowest BCUT2D eigenvalue weighted by atomic mass is 9.69. The number of rotatable bonds is 2. The Morgan fingerprint density at radius 2 is 1.89 bits per heavy atom. The molecule has 18 heavy (non-hydrogen) atoms. The summed E-state index contributed by atoms with van der Waals surface area (Å²) in [5.41, 5.74) is 5.87. The molecule has 1 aromatic heterocycles. The van der Waals surface area contributed by atoms with E-state index in [4.69, 9.17) is 5.73 Å². The molecule has 0 spiro atoms. The van der Waals surface area contributed by atoms with E-state index in [0.29, 0.717) is 12.8 Å². The Kier molecular flexibility index (Phi) is 3.30. The molecule has 0 aliphatic carbocycles. The highest BCUT2D eigenvalue weighted by atomic mass is 32.1. The fourth-order valence-corrected chi connectivity index (χ4v) is 4.03. The third kappa shape index (κ3) is 2.74. The van der Waals surface area contributed by atoms with Gasteiger partial charge < -0.3 is 16.2 Å². The summed E-state index contributed by atoms with van der Waals surface area (Å²) in [5.74, 6) is 0. The fourth-order valence-electron chi connectivity index (χ4n) is 3.48. The van der Waals surface area contributed by atoms with Crippen LogP contribution in [0, 0.1) is 0 Å². The van der Waals surface area contributed by atoms with Crippen molar-refractivity contribution in [1.82, 2.24) is 9.69 Å². The van der Waals surface area contributed by atoms with Gasteiger partial charge in [0.1, 0.15) is 0 Å². The summed E-state index contributed by atoms with van der Waals surface area (Å²) in [7, 11) is 0. The van der Waals surface area contributed by atoms with Gasteiger partial charge in [-0.15, -0.1) is 0 Å². The first-order valence-corrected chi connectivity index (χ1v) is 7.15. The number of aromatic nitrogens is 1. The zero-order valence-electron chi connectivity index (χ0n) is 11.5. The summed E-state index contributed by atoms with van der Waals surface area (Å²) in [6.45, 7) is 8.42. The highest BCUT2D eigenvalue weighted by Gasteiger charge is 2.49. The van der Waals surface area contributed by atoms with Crippen LogP contribution in [0.3, 0.4) is 0 Å². The van der Waals surface area contributed by atoms with Crippen LogP contribution in [0.2, 0.25) is 0 Å². The molecule has 0 saturated carbocycles. The van der Waals surface area contributed by atoms with E-state index in [9.17, 15) is 5.11 Å². The molecule has 4 N–H and O–H groups in total. The van der Waals surface area contributed by atoms with Crippen LogP contribution in [-0.2, 0) is 0 Å². The van der Waals surface area contributed by atoms with Gasteiger partial charge in [0.25, 0.3) is 0 Å². The molecule has 0 aromatic carbocycles. The van der Waals surface area contributed by atoms with Crippen LogP contribution in [0.4, 0.5) is 0 Å². The van der Waals surface area contributed by atoms with Crippen molar-refractivity contribution in [3.05, 3.63) is 17.1 Å². The van der Waals surface area contributed by atoms with Crippen LogP contribution < -0.4 is 11.1 Å². The summed E-state index contributed by atoms with van der Waals surface area (Å²) >= 11 is 1.37. The summed E-state index contributed by atoms with van der Waals surface area (Å²) < 4.78 is 4.27. The monoisotopic (exact) mass is 269 g/mol. The zero-order valence-corrected chi connectivity index (χ0v) is 12.3. The van der Waals surface area contributed by atoms with E-state index < -0.39 is 11.6 Å². The molecule has 1 atom stereocenters. The minimum absolute atomic E-state index is 0.135. The molecule has 1 saturated heterocycles. The second-order valence-corrected chi connectivity index (χ2v) is 7.42. The molecular weight excluding hydrogens is 246 g/mol. The zero-order chi connectivity index (χ0) is 13.6. The highest BCUT2D eigenvalue weighted by molar-refractivity contribution is 7.03. The molecule has 0 bridgehead atoms. The van der Waals surface area contributed by atoms with Gasteiger partial charge in [-0.2, -0.15) is 4.37 Å². The van der Waals surface area contributed by atoms with Crippen molar-refractivity contribution in [2.24, 2.45) is 5.73 Å². The Bertz CT molecular complexity index is 398. The molecule has 2 rings (SSSR count). The van der Waals surface area contributed by atoms with Gasteiger partial charge in [0, 0.05) is 16.5 Å². The molecule has 1 aliphatic rings. The van der Waals surface area contributed by atoms with Crippen LogP contribution in [0.25, 0.3) is 0 Å². The molecular formula is C13H23N3OS. The molecule has 2 heterocycles. The van der Waals surface area contributed by atoms with Gasteiger partial charge >= 0.3 is 0 Å². The van der Waals surface area contributed by atoms with Crippen molar-refractivity contribution < 1.29 is 5.11 Å². The Morgan fingerprint density at radius 3 is 2.33 bits per heavy atom. The Morgan fingerprint density at radius 1 is 1.33 bits per heavy atom. The van der Waals surface area contributed by atoms with Crippen molar-refractivity contribution in [2.75, 3.05) is 0 Å². The van der Waals surface area contributed by atoms with Crippen molar-refractivity contribution in [3.8, 4) is 0 Å². The number of nitrogens with one attached hydrogen (secondary N) is 1. The van der Waals surface area contributed by atoms with E-state index in [1.807, 2.05) is 11.4 Å². The number of piperidine rings is 1. The minimum Gasteiger partial charge on any atom is -0.388 e. The molecule has 1 aliphatic heterocycles. The first-order chi connectivity index (χ1) is 8.14. The molecule has 0 radical (unpaired) electrons. The molecule has 1 aromatic rings. The number of hydrogen-bond donors (Lipinski definition) is 3. The SMILES string of the molecule is CC1(C)CC(O)(C(N)c2ccsn2)CC(C)(C)N1. The van der Waals surface area contributed by atoms with Gasteiger partial charge in [0.15, 0.2) is 0 Å². The van der Waals surface area contributed by atoms with Crippen molar-refractivity contribution in [1.29, 1.82) is 0 Å². The quantitative estimate of drug-likeness (QED) is 0.766. The molecule has 1 fully saturated rings. The maximum absolute atomic E-state index is 11.0. The van der Waals surface area contributed by atoms with Gasteiger partial charge in [0.2, 0.25) is 0 Å². The number of hydrogen-bond acceptors (Lipinski definition) is 5. The predicted octanol–water partition coefficient (Wildman–Crippen LogP) is 1.81.